The van der Waals surface area contributed by atoms with Crippen LogP contribution in [0.1, 0.15) is 0 Å². The first-order valence-electron chi connectivity index (χ1n) is 0.532. The lowest BCUT2D eigenvalue weighted by atomic mass is 14.4. The zero-order valence-electron chi connectivity index (χ0n) is 1.71. The lowest BCUT2D eigenvalue weighted by Crippen LogP contribution is -1.75. The molecule has 0 heterocycles. The molecule has 0 unspecified atom stereocenters. The Hall–Kier alpha value is -0.160. The molecule has 0 radical (unpaired) electrons. The van der Waals surface area contributed by atoms with Gasteiger partial charge in [-0.3, -0.25) is 0 Å². The minimum absolute atomic E-state index is 2.60. The number of hydrogen-bond acceptors (Lipinski definition) is 4. The van der Waals surface area contributed by atoms with E-state index in [1.165, 1.54) is 0 Å². The van der Waals surface area contributed by atoms with E-state index in [-0.39, 0.29) is 0 Å². The van der Waals surface area contributed by atoms with E-state index in [0.717, 1.165) is 0 Å². The van der Waals surface area contributed by atoms with Gasteiger partial charge in [-0.05, 0) is 10.1 Å². The molecule has 0 amide bonds. The van der Waals surface area contributed by atoms with Crippen molar-refractivity contribution in [1.82, 2.24) is 0 Å². The fraction of sp³-hybridized carbons (Fsp3) is 0. The summed E-state index contributed by atoms with van der Waals surface area (Å²) in [6.07, 6.45) is 0. The minimum atomic E-state index is 2.60. The average molecular weight is 66.0 g/mol. The van der Waals surface area contributed by atoms with Crippen LogP contribution in [0.5, 0.6) is 0 Å². The third kappa shape index (κ3) is 1.84. The highest BCUT2D eigenvalue weighted by atomic mass is 17.6. The van der Waals surface area contributed by atoms with E-state index in [0.29, 0.717) is 0 Å². The summed E-state index contributed by atoms with van der Waals surface area (Å²) in [5.74, 6) is 0. The third-order valence-corrected chi connectivity index (χ3v) is 0.0333. The maximum absolute atomic E-state index is 6.90. The maximum Gasteiger partial charge on any atom is -0.0395 e. The van der Waals surface area contributed by atoms with Crippen molar-refractivity contribution < 1.29 is 20.6 Å². The summed E-state index contributed by atoms with van der Waals surface area (Å²) in [5.41, 5.74) is 0. The molecule has 0 atom stereocenters. The molecule has 0 aliphatic heterocycles. The molecule has 0 saturated heterocycles. The van der Waals surface area contributed by atoms with Crippen LogP contribution in [0.2, 0.25) is 0 Å². The predicted molar refractivity (Wildman–Crippen MR) is 7.43 cm³/mol. The van der Waals surface area contributed by atoms with E-state index in [1.54, 1.807) is 0 Å². The molecule has 0 rings (SSSR count). The topological polar surface area (TPSA) is 58.9 Å². The Labute approximate surface area is 22.0 Å². The van der Waals surface area contributed by atoms with Gasteiger partial charge < -0.3 is 0 Å². The fourth-order valence-corrected chi connectivity index (χ4v) is 0. The second kappa shape index (κ2) is 2.84. The Morgan fingerprint density at radius 2 is 1.25 bits per heavy atom. The van der Waals surface area contributed by atoms with Gasteiger partial charge in [0, 0.05) is 0 Å². The summed E-state index contributed by atoms with van der Waals surface area (Å²) in [6, 6.07) is 0. The van der Waals surface area contributed by atoms with E-state index in [2.05, 4.69) is 10.1 Å². The average Bonchev–Trinajstić information content (AvgIpc) is 1.37. The molecule has 0 aliphatic rings. The summed E-state index contributed by atoms with van der Waals surface area (Å²) >= 11 is 0. The lowest BCUT2D eigenvalue weighted by Gasteiger charge is -1.71. The van der Waals surface area contributed by atoms with Gasteiger partial charge in [0.25, 0.3) is 0 Å². The standard InChI is InChI=1S/H2O4/c1-3-4-2/h1-2H. The molecule has 0 aromatic heterocycles. The van der Waals surface area contributed by atoms with Crippen LogP contribution in [0.15, 0.2) is 0 Å². The summed E-state index contributed by atoms with van der Waals surface area (Å²) < 4.78 is 0. The van der Waals surface area contributed by atoms with E-state index in [4.69, 9.17) is 10.5 Å². The van der Waals surface area contributed by atoms with E-state index in [9.17, 15) is 0 Å². The maximum atomic E-state index is 6.90. The molecule has 4 nitrogen and oxygen atoms in total. The normalized spacial score (nSPS) is 7.50. The summed E-state index contributed by atoms with van der Waals surface area (Å²) in [7, 11) is 0. The molecule has 4 heavy (non-hydrogen) atoms. The molecule has 0 spiro atoms. The van der Waals surface area contributed by atoms with E-state index in [1.807, 2.05) is 0 Å². The third-order valence-electron chi connectivity index (χ3n) is 0.0333. The first-order valence-corrected chi connectivity index (χ1v) is 0.532. The van der Waals surface area contributed by atoms with E-state index >= 15 is 0 Å². The van der Waals surface area contributed by atoms with Crippen LogP contribution in [0.3, 0.4) is 0 Å². The SMILES string of the molecule is OOOO. The monoisotopic (exact) mass is 66.0 g/mol. The van der Waals surface area contributed by atoms with E-state index < -0.39 is 0 Å². The van der Waals surface area contributed by atoms with Crippen LogP contribution in [-0.2, 0) is 10.1 Å². The Balaban J connectivity index is 1.97. The molecule has 0 fully saturated rings. The van der Waals surface area contributed by atoms with Crippen molar-refractivity contribution >= 4 is 0 Å². The van der Waals surface area contributed by atoms with Gasteiger partial charge in [-0.25, -0.2) is 10.5 Å². The van der Waals surface area contributed by atoms with Gasteiger partial charge >= 0.3 is 0 Å². The van der Waals surface area contributed by atoms with Gasteiger partial charge in [0.05, 0.1) is 0 Å². The van der Waals surface area contributed by atoms with Crippen LogP contribution in [0, 0.1) is 0 Å². The van der Waals surface area contributed by atoms with Crippen LogP contribution in [0.4, 0.5) is 0 Å². The van der Waals surface area contributed by atoms with Crippen molar-refractivity contribution in [2.45, 2.75) is 0 Å². The Bertz CT molecular complexity index is 2.00. The van der Waals surface area contributed by atoms with Gasteiger partial charge in [-0.1, -0.05) is 0 Å². The molecule has 2 N–H and O–H groups in total. The highest BCUT2D eigenvalue weighted by Crippen LogP contribution is 1.49. The van der Waals surface area contributed by atoms with Crippen LogP contribution < -0.4 is 0 Å². The fourth-order valence-electron chi connectivity index (χ4n) is 0. The number of rotatable bonds is 1. The highest BCUT2D eigenvalue weighted by molar-refractivity contribution is 2.64. The molecule has 0 saturated carbocycles. The molecule has 0 aromatic rings. The first kappa shape index (κ1) is 3.84. The second-order valence-corrected chi connectivity index (χ2v) is 0.149. The van der Waals surface area contributed by atoms with Crippen molar-refractivity contribution in [2.24, 2.45) is 0 Å². The van der Waals surface area contributed by atoms with Crippen molar-refractivity contribution in [3.8, 4) is 0 Å². The van der Waals surface area contributed by atoms with Crippen LogP contribution in [0.25, 0.3) is 0 Å². The lowest BCUT2D eigenvalue weighted by molar-refractivity contribution is -0.611. The quantitative estimate of drug-likeness (QED) is 0.331. The van der Waals surface area contributed by atoms with Gasteiger partial charge in [-0.15, -0.1) is 0 Å². The molecule has 26 valence electrons. The smallest absolute Gasteiger partial charge is 0.0395 e. The zero-order chi connectivity index (χ0) is 3.41. The van der Waals surface area contributed by atoms with Crippen molar-refractivity contribution in [1.29, 1.82) is 0 Å². The highest BCUT2D eigenvalue weighted by Gasteiger charge is 1.53. The predicted octanol–water partition coefficient (Wildman–Crippen LogP) is -0.119. The summed E-state index contributed by atoms with van der Waals surface area (Å²) in [5, 5.41) is 19.0. The van der Waals surface area contributed by atoms with Gasteiger partial charge in [0.1, 0.15) is 0 Å². The Kier molecular flexibility index (Phi) is 2.73. The summed E-state index contributed by atoms with van der Waals surface area (Å²) in [6.45, 7) is 0. The molecule has 0 bridgehead atoms. The van der Waals surface area contributed by atoms with Crippen molar-refractivity contribution in [2.75, 3.05) is 0 Å². The molecule has 4 heteroatoms. The Morgan fingerprint density at radius 1 is 1.00 bits per heavy atom. The summed E-state index contributed by atoms with van der Waals surface area (Å²) in [4.78, 5) is 0. The van der Waals surface area contributed by atoms with Gasteiger partial charge in [-0.2, -0.15) is 0 Å². The van der Waals surface area contributed by atoms with Crippen molar-refractivity contribution in [3.05, 3.63) is 0 Å². The minimum Gasteiger partial charge on any atom is -0.219 e. The van der Waals surface area contributed by atoms with Crippen molar-refractivity contribution in [3.63, 3.8) is 0 Å². The first-order chi connectivity index (χ1) is 1.91. The zero-order valence-corrected chi connectivity index (χ0v) is 1.71. The van der Waals surface area contributed by atoms with Gasteiger partial charge in [0.15, 0.2) is 0 Å². The largest absolute Gasteiger partial charge is 0.219 e. The number of hydrogen-bond donors (Lipinski definition) is 2. The Morgan fingerprint density at radius 3 is 1.25 bits per heavy atom. The van der Waals surface area contributed by atoms with Crippen LogP contribution >= 0.6 is 0 Å². The molecular formula is H2O4. The molecular weight excluding hydrogens is 64.0 g/mol. The van der Waals surface area contributed by atoms with Crippen LogP contribution in [-0.4, -0.2) is 10.5 Å². The second-order valence-electron chi connectivity index (χ2n) is 0.149. The molecule has 0 aromatic carbocycles. The van der Waals surface area contributed by atoms with Gasteiger partial charge in [0.2, 0.25) is 0 Å². The molecule has 0 aliphatic carbocycles.